The van der Waals surface area contributed by atoms with Gasteiger partial charge in [-0.15, -0.1) is 11.3 Å². The maximum atomic E-state index is 12.1. The molecule has 0 saturated carbocycles. The van der Waals surface area contributed by atoms with Crippen molar-refractivity contribution in [2.45, 2.75) is 13.8 Å². The number of thiazole rings is 1. The molecule has 29 heavy (non-hydrogen) atoms. The summed E-state index contributed by atoms with van der Waals surface area (Å²) in [6, 6.07) is 14.7. The van der Waals surface area contributed by atoms with Crippen molar-refractivity contribution in [1.29, 1.82) is 0 Å². The van der Waals surface area contributed by atoms with Gasteiger partial charge in [-0.2, -0.15) is 0 Å². The molecule has 2 N–H and O–H groups in total. The number of hydrogen-bond acceptors (Lipinski definition) is 5. The van der Waals surface area contributed by atoms with E-state index >= 15 is 0 Å². The number of sulfonamides is 1. The lowest BCUT2D eigenvalue weighted by Crippen LogP contribution is -2.31. The number of nitrogens with zero attached hydrogens (tertiary/aromatic N) is 1. The first kappa shape index (κ1) is 20.9. The molecule has 6 nitrogen and oxygen atoms in total. The van der Waals surface area contributed by atoms with Gasteiger partial charge >= 0.3 is 0 Å². The second-order valence-corrected chi connectivity index (χ2v) is 9.17. The van der Waals surface area contributed by atoms with E-state index in [0.29, 0.717) is 5.69 Å². The predicted molar refractivity (Wildman–Crippen MR) is 118 cm³/mol. The van der Waals surface area contributed by atoms with E-state index in [-0.39, 0.29) is 6.54 Å². The second kappa shape index (κ2) is 9.13. The molecule has 1 heterocycles. The van der Waals surface area contributed by atoms with Gasteiger partial charge in [-0.1, -0.05) is 42.0 Å². The SMILES string of the molecule is Cc1ccc(/C=C/S(=O)(=O)NCC(=O)Nc2ccc(-c3csc(C)n3)cc2)cc1. The zero-order valence-electron chi connectivity index (χ0n) is 16.0. The highest BCUT2D eigenvalue weighted by Gasteiger charge is 2.10. The van der Waals surface area contributed by atoms with Crippen molar-refractivity contribution in [2.24, 2.45) is 0 Å². The second-order valence-electron chi connectivity index (χ2n) is 6.46. The minimum Gasteiger partial charge on any atom is -0.325 e. The van der Waals surface area contributed by atoms with Gasteiger partial charge in [0.05, 0.1) is 17.2 Å². The van der Waals surface area contributed by atoms with Crippen LogP contribution in [0.2, 0.25) is 0 Å². The summed E-state index contributed by atoms with van der Waals surface area (Å²) in [5.41, 5.74) is 4.28. The van der Waals surface area contributed by atoms with Crippen LogP contribution in [0.15, 0.2) is 59.3 Å². The fourth-order valence-electron chi connectivity index (χ4n) is 2.49. The molecule has 0 unspecified atom stereocenters. The van der Waals surface area contributed by atoms with E-state index in [2.05, 4.69) is 15.0 Å². The third-order valence-electron chi connectivity index (χ3n) is 4.03. The van der Waals surface area contributed by atoms with Crippen LogP contribution in [0.4, 0.5) is 5.69 Å². The summed E-state index contributed by atoms with van der Waals surface area (Å²) in [5.74, 6) is -0.449. The Morgan fingerprint density at radius 1 is 1.07 bits per heavy atom. The molecule has 0 aliphatic rings. The summed E-state index contributed by atoms with van der Waals surface area (Å²) >= 11 is 1.57. The lowest BCUT2D eigenvalue weighted by molar-refractivity contribution is -0.115. The summed E-state index contributed by atoms with van der Waals surface area (Å²) in [4.78, 5) is 16.5. The lowest BCUT2D eigenvalue weighted by atomic mass is 10.1. The fourth-order valence-corrected chi connectivity index (χ4v) is 3.87. The Labute approximate surface area is 174 Å². The smallest absolute Gasteiger partial charge is 0.239 e. The maximum Gasteiger partial charge on any atom is 0.239 e. The zero-order chi connectivity index (χ0) is 20.9. The average Bonchev–Trinajstić information content (AvgIpc) is 3.13. The number of carbonyl (C=O) groups is 1. The van der Waals surface area contributed by atoms with Crippen molar-refractivity contribution < 1.29 is 13.2 Å². The Balaban J connectivity index is 1.53. The number of nitrogens with one attached hydrogen (secondary N) is 2. The minimum atomic E-state index is -3.72. The van der Waals surface area contributed by atoms with E-state index in [4.69, 9.17) is 0 Å². The summed E-state index contributed by atoms with van der Waals surface area (Å²) in [7, 11) is -3.72. The topological polar surface area (TPSA) is 88.2 Å². The summed E-state index contributed by atoms with van der Waals surface area (Å²) in [5, 5.41) is 6.68. The highest BCUT2D eigenvalue weighted by Crippen LogP contribution is 2.23. The molecule has 3 rings (SSSR count). The number of aromatic nitrogens is 1. The molecule has 0 radical (unpaired) electrons. The van der Waals surface area contributed by atoms with E-state index < -0.39 is 15.9 Å². The Morgan fingerprint density at radius 2 is 1.76 bits per heavy atom. The van der Waals surface area contributed by atoms with Crippen molar-refractivity contribution >= 4 is 39.0 Å². The van der Waals surface area contributed by atoms with Crippen LogP contribution in [0.25, 0.3) is 17.3 Å². The molecule has 0 saturated heterocycles. The van der Waals surface area contributed by atoms with Gasteiger partial charge in [-0.25, -0.2) is 18.1 Å². The molecule has 0 aliphatic carbocycles. The number of aryl methyl sites for hydroxylation is 2. The molecule has 0 aliphatic heterocycles. The van der Waals surface area contributed by atoms with Crippen molar-refractivity contribution in [2.75, 3.05) is 11.9 Å². The maximum absolute atomic E-state index is 12.1. The normalized spacial score (nSPS) is 11.7. The zero-order valence-corrected chi connectivity index (χ0v) is 17.7. The Bertz CT molecular complexity index is 1120. The van der Waals surface area contributed by atoms with Gasteiger partial charge in [0.2, 0.25) is 15.9 Å². The number of anilines is 1. The van der Waals surface area contributed by atoms with E-state index in [9.17, 15) is 13.2 Å². The molecule has 8 heteroatoms. The molecule has 1 aromatic heterocycles. The number of amides is 1. The first-order valence-electron chi connectivity index (χ1n) is 8.87. The minimum absolute atomic E-state index is 0.354. The van der Waals surface area contributed by atoms with E-state index in [1.807, 2.05) is 55.6 Å². The van der Waals surface area contributed by atoms with Crippen LogP contribution in [-0.2, 0) is 14.8 Å². The van der Waals surface area contributed by atoms with Crippen LogP contribution in [0.3, 0.4) is 0 Å². The van der Waals surface area contributed by atoms with Crippen molar-refractivity contribution in [3.8, 4) is 11.3 Å². The van der Waals surface area contributed by atoms with Crippen LogP contribution in [-0.4, -0.2) is 25.9 Å². The molecule has 0 atom stereocenters. The van der Waals surface area contributed by atoms with Gasteiger partial charge in [-0.05, 0) is 37.6 Å². The van der Waals surface area contributed by atoms with Crippen molar-refractivity contribution in [3.63, 3.8) is 0 Å². The van der Waals surface area contributed by atoms with Gasteiger partial charge in [0, 0.05) is 22.0 Å². The predicted octanol–water partition coefficient (Wildman–Crippen LogP) is 3.96. The molecule has 0 spiro atoms. The van der Waals surface area contributed by atoms with Crippen LogP contribution in [0, 0.1) is 13.8 Å². The first-order valence-corrected chi connectivity index (χ1v) is 11.3. The number of hydrogen-bond donors (Lipinski definition) is 2. The molecular weight excluding hydrogens is 406 g/mol. The molecule has 150 valence electrons. The van der Waals surface area contributed by atoms with E-state index in [0.717, 1.165) is 32.8 Å². The standard InChI is InChI=1S/C21H21N3O3S2/c1-15-3-5-17(6-4-15)11-12-29(26,27)22-13-21(25)24-19-9-7-18(8-10-19)20-14-28-16(2)23-20/h3-12,14,22H,13H2,1-2H3,(H,24,25)/b12-11+. The van der Waals surface area contributed by atoms with Crippen LogP contribution < -0.4 is 10.0 Å². The highest BCUT2D eigenvalue weighted by molar-refractivity contribution is 7.92. The fraction of sp³-hybridized carbons (Fsp3) is 0.143. The van der Waals surface area contributed by atoms with E-state index in [1.165, 1.54) is 6.08 Å². The third-order valence-corrected chi connectivity index (χ3v) is 5.85. The molecular formula is C21H21N3O3S2. The number of carbonyl (C=O) groups excluding carboxylic acids is 1. The van der Waals surface area contributed by atoms with Crippen LogP contribution >= 0.6 is 11.3 Å². The Kier molecular flexibility index (Phi) is 6.58. The monoisotopic (exact) mass is 427 g/mol. The quantitative estimate of drug-likeness (QED) is 0.597. The summed E-state index contributed by atoms with van der Waals surface area (Å²) in [6.07, 6.45) is 1.48. The average molecular weight is 428 g/mol. The number of benzene rings is 2. The van der Waals surface area contributed by atoms with Gasteiger partial charge < -0.3 is 5.32 Å². The molecule has 3 aromatic rings. The van der Waals surface area contributed by atoms with E-state index in [1.54, 1.807) is 23.5 Å². The number of rotatable bonds is 7. The Morgan fingerprint density at radius 3 is 2.38 bits per heavy atom. The molecule has 1 amide bonds. The Hall–Kier alpha value is -2.81. The summed E-state index contributed by atoms with van der Waals surface area (Å²) < 4.78 is 26.4. The van der Waals surface area contributed by atoms with Crippen LogP contribution in [0.5, 0.6) is 0 Å². The lowest BCUT2D eigenvalue weighted by Gasteiger charge is -2.07. The third kappa shape index (κ3) is 6.35. The molecule has 2 aromatic carbocycles. The van der Waals surface area contributed by atoms with Gasteiger partial charge in [0.15, 0.2) is 0 Å². The van der Waals surface area contributed by atoms with Crippen molar-refractivity contribution in [1.82, 2.24) is 9.71 Å². The van der Waals surface area contributed by atoms with Gasteiger partial charge in [-0.3, -0.25) is 4.79 Å². The van der Waals surface area contributed by atoms with Gasteiger partial charge in [0.25, 0.3) is 0 Å². The molecule has 0 bridgehead atoms. The highest BCUT2D eigenvalue weighted by atomic mass is 32.2. The van der Waals surface area contributed by atoms with Gasteiger partial charge in [0.1, 0.15) is 0 Å². The largest absolute Gasteiger partial charge is 0.325 e. The van der Waals surface area contributed by atoms with Crippen molar-refractivity contribution in [3.05, 3.63) is 75.5 Å². The molecule has 0 fully saturated rings. The first-order chi connectivity index (χ1) is 13.8. The summed E-state index contributed by atoms with van der Waals surface area (Å²) in [6.45, 7) is 3.55. The van der Waals surface area contributed by atoms with Crippen LogP contribution in [0.1, 0.15) is 16.1 Å².